The van der Waals surface area contributed by atoms with Crippen molar-refractivity contribution in [3.63, 3.8) is 0 Å². The Hall–Kier alpha value is -0.790. The highest BCUT2D eigenvalue weighted by Gasteiger charge is 1.88. The number of hydrogen-bond donors (Lipinski definition) is 0. The maximum atomic E-state index is 10.3. The number of allylic oxidation sites excluding steroid dienone is 1. The van der Waals surface area contributed by atoms with Crippen molar-refractivity contribution in [3.05, 3.63) is 11.6 Å². The maximum absolute atomic E-state index is 10.3. The fourth-order valence-electron chi connectivity index (χ4n) is 0.446. The summed E-state index contributed by atoms with van der Waals surface area (Å²) in [6, 6.07) is 0. The molecule has 0 unspecified atom stereocenters. The summed E-state index contributed by atoms with van der Waals surface area (Å²) in [5, 5.41) is 0. The van der Waals surface area contributed by atoms with Gasteiger partial charge in [0.25, 0.3) is 0 Å². The fourth-order valence-corrected chi connectivity index (χ4v) is 0.446. The molecule has 10 heavy (non-hydrogen) atoms. The van der Waals surface area contributed by atoms with Crippen molar-refractivity contribution >= 4 is 5.97 Å². The van der Waals surface area contributed by atoms with Crippen LogP contribution in [-0.4, -0.2) is 12.6 Å². The van der Waals surface area contributed by atoms with Crippen LogP contribution in [0.5, 0.6) is 0 Å². The summed E-state index contributed by atoms with van der Waals surface area (Å²) in [6.07, 6.45) is 2.93. The molecule has 0 saturated carbocycles. The van der Waals surface area contributed by atoms with Crippen molar-refractivity contribution < 1.29 is 9.53 Å². The van der Waals surface area contributed by atoms with E-state index in [1.165, 1.54) is 12.5 Å². The second kappa shape index (κ2) is 5.03. The molecule has 0 bridgehead atoms. The fraction of sp³-hybridized carbons (Fsp3) is 0.625. The summed E-state index contributed by atoms with van der Waals surface area (Å²) in [5.74, 6) is -0.222. The lowest BCUT2D eigenvalue weighted by molar-refractivity contribution is -0.139. The zero-order chi connectivity index (χ0) is 7.98. The van der Waals surface area contributed by atoms with Crippen LogP contribution in [0.4, 0.5) is 0 Å². The van der Waals surface area contributed by atoms with Crippen molar-refractivity contribution in [2.75, 3.05) is 6.61 Å². The van der Waals surface area contributed by atoms with Gasteiger partial charge in [0.15, 0.2) is 0 Å². The molecule has 0 radical (unpaired) electrons. The Labute approximate surface area is 61.9 Å². The molecular weight excluding hydrogens is 128 g/mol. The number of rotatable bonds is 3. The molecule has 0 aliphatic carbocycles. The van der Waals surface area contributed by atoms with E-state index in [2.05, 4.69) is 6.92 Å². The SMILES string of the molecule is CC/C(C)=C\COC(C)=O. The van der Waals surface area contributed by atoms with Crippen LogP contribution in [0.1, 0.15) is 27.2 Å². The van der Waals surface area contributed by atoms with Crippen molar-refractivity contribution in [2.45, 2.75) is 27.2 Å². The first-order valence-electron chi connectivity index (χ1n) is 3.45. The lowest BCUT2D eigenvalue weighted by atomic mass is 10.2. The van der Waals surface area contributed by atoms with Gasteiger partial charge in [-0.3, -0.25) is 4.79 Å². The minimum atomic E-state index is -0.222. The van der Waals surface area contributed by atoms with Gasteiger partial charge in [0.1, 0.15) is 6.61 Å². The first-order chi connectivity index (χ1) is 4.66. The summed E-state index contributed by atoms with van der Waals surface area (Å²) in [6.45, 7) is 5.91. The van der Waals surface area contributed by atoms with Crippen LogP contribution in [0.2, 0.25) is 0 Å². The first kappa shape index (κ1) is 9.21. The summed E-state index contributed by atoms with van der Waals surface area (Å²) in [7, 11) is 0. The highest BCUT2D eigenvalue weighted by Crippen LogP contribution is 1.96. The third kappa shape index (κ3) is 5.35. The Morgan fingerprint density at radius 2 is 2.10 bits per heavy atom. The summed E-state index contributed by atoms with van der Waals surface area (Å²) in [5.41, 5.74) is 1.25. The molecule has 0 spiro atoms. The Morgan fingerprint density at radius 1 is 1.50 bits per heavy atom. The van der Waals surface area contributed by atoms with E-state index in [1.807, 2.05) is 13.0 Å². The zero-order valence-corrected chi connectivity index (χ0v) is 6.81. The molecule has 0 N–H and O–H groups in total. The van der Waals surface area contributed by atoms with E-state index in [4.69, 9.17) is 4.74 Å². The maximum Gasteiger partial charge on any atom is 0.302 e. The van der Waals surface area contributed by atoms with Crippen LogP contribution in [0, 0.1) is 0 Å². The standard InChI is InChI=1S/C8H14O2/c1-4-7(2)5-6-10-8(3)9/h5H,4,6H2,1-3H3/b7-5-. The first-order valence-corrected chi connectivity index (χ1v) is 3.45. The molecule has 0 aromatic heterocycles. The predicted octanol–water partition coefficient (Wildman–Crippen LogP) is 1.91. The zero-order valence-electron chi connectivity index (χ0n) is 6.81. The van der Waals surface area contributed by atoms with Gasteiger partial charge in [0, 0.05) is 6.92 Å². The lowest BCUT2D eigenvalue weighted by Gasteiger charge is -1.96. The van der Waals surface area contributed by atoms with Crippen molar-refractivity contribution in [2.24, 2.45) is 0 Å². The normalized spacial score (nSPS) is 11.3. The molecule has 0 heterocycles. The van der Waals surface area contributed by atoms with Gasteiger partial charge in [-0.15, -0.1) is 0 Å². The second-order valence-corrected chi connectivity index (χ2v) is 2.21. The number of carbonyl (C=O) groups excluding carboxylic acids is 1. The van der Waals surface area contributed by atoms with Crippen molar-refractivity contribution in [1.29, 1.82) is 0 Å². The average Bonchev–Trinajstić information content (AvgIpc) is 1.87. The number of ether oxygens (including phenoxy) is 1. The third-order valence-corrected chi connectivity index (χ3v) is 1.28. The van der Waals surface area contributed by atoms with Crippen molar-refractivity contribution in [3.8, 4) is 0 Å². The van der Waals surface area contributed by atoms with Gasteiger partial charge in [0.05, 0.1) is 0 Å². The molecule has 2 heteroatoms. The predicted molar refractivity (Wildman–Crippen MR) is 40.7 cm³/mol. The van der Waals surface area contributed by atoms with Crippen LogP contribution in [0.25, 0.3) is 0 Å². The molecular formula is C8H14O2. The van der Waals surface area contributed by atoms with Gasteiger partial charge < -0.3 is 4.74 Å². The summed E-state index contributed by atoms with van der Waals surface area (Å²) in [4.78, 5) is 10.3. The molecule has 0 aliphatic rings. The van der Waals surface area contributed by atoms with Crippen molar-refractivity contribution in [1.82, 2.24) is 0 Å². The molecule has 0 fully saturated rings. The Morgan fingerprint density at radius 3 is 2.50 bits per heavy atom. The second-order valence-electron chi connectivity index (χ2n) is 2.21. The van der Waals surface area contributed by atoms with Gasteiger partial charge in [-0.2, -0.15) is 0 Å². The van der Waals surface area contributed by atoms with Gasteiger partial charge in [-0.05, 0) is 19.4 Å². The van der Waals surface area contributed by atoms with Gasteiger partial charge in [0.2, 0.25) is 0 Å². The number of esters is 1. The molecule has 2 nitrogen and oxygen atoms in total. The minimum absolute atomic E-state index is 0.222. The van der Waals surface area contributed by atoms with Crippen LogP contribution >= 0.6 is 0 Å². The molecule has 0 atom stereocenters. The molecule has 0 aromatic rings. The molecule has 58 valence electrons. The summed E-state index contributed by atoms with van der Waals surface area (Å²) >= 11 is 0. The van der Waals surface area contributed by atoms with E-state index in [0.29, 0.717) is 6.61 Å². The smallest absolute Gasteiger partial charge is 0.302 e. The van der Waals surface area contributed by atoms with E-state index in [1.54, 1.807) is 0 Å². The van der Waals surface area contributed by atoms with Gasteiger partial charge >= 0.3 is 5.97 Å². The minimum Gasteiger partial charge on any atom is -0.462 e. The topological polar surface area (TPSA) is 26.3 Å². The van der Waals surface area contributed by atoms with E-state index in [-0.39, 0.29) is 5.97 Å². The Kier molecular flexibility index (Phi) is 4.63. The van der Waals surface area contributed by atoms with E-state index >= 15 is 0 Å². The molecule has 0 saturated heterocycles. The molecule has 0 amide bonds. The van der Waals surface area contributed by atoms with E-state index in [0.717, 1.165) is 6.42 Å². The Bertz CT molecular complexity index is 136. The lowest BCUT2D eigenvalue weighted by Crippen LogP contribution is -1.97. The highest BCUT2D eigenvalue weighted by molar-refractivity contribution is 5.65. The van der Waals surface area contributed by atoms with Crippen LogP contribution < -0.4 is 0 Å². The van der Waals surface area contributed by atoms with Gasteiger partial charge in [-0.25, -0.2) is 0 Å². The quantitative estimate of drug-likeness (QED) is 0.444. The third-order valence-electron chi connectivity index (χ3n) is 1.28. The monoisotopic (exact) mass is 142 g/mol. The highest BCUT2D eigenvalue weighted by atomic mass is 16.5. The van der Waals surface area contributed by atoms with Crippen LogP contribution in [0.15, 0.2) is 11.6 Å². The largest absolute Gasteiger partial charge is 0.462 e. The summed E-state index contributed by atoms with van der Waals surface area (Å²) < 4.78 is 4.70. The molecule has 0 aromatic carbocycles. The molecule has 0 rings (SSSR count). The van der Waals surface area contributed by atoms with Crippen LogP contribution in [-0.2, 0) is 9.53 Å². The Balaban J connectivity index is 3.43. The van der Waals surface area contributed by atoms with Gasteiger partial charge in [-0.1, -0.05) is 12.5 Å². The van der Waals surface area contributed by atoms with Crippen LogP contribution in [0.3, 0.4) is 0 Å². The van der Waals surface area contributed by atoms with E-state index < -0.39 is 0 Å². The number of carbonyl (C=O) groups is 1. The molecule has 0 aliphatic heterocycles. The number of hydrogen-bond acceptors (Lipinski definition) is 2. The van der Waals surface area contributed by atoms with E-state index in [9.17, 15) is 4.79 Å². The average molecular weight is 142 g/mol.